The van der Waals surface area contributed by atoms with Gasteiger partial charge >= 0.3 is 0 Å². The summed E-state index contributed by atoms with van der Waals surface area (Å²) < 4.78 is 0. The van der Waals surface area contributed by atoms with Gasteiger partial charge in [-0.3, -0.25) is 0 Å². The molecule has 2 nitrogen and oxygen atoms in total. The van der Waals surface area contributed by atoms with E-state index in [0.717, 1.165) is 17.8 Å². The zero-order chi connectivity index (χ0) is 12.9. The molecule has 0 heterocycles. The summed E-state index contributed by atoms with van der Waals surface area (Å²) in [6, 6.07) is 0.699. The molecule has 0 aromatic heterocycles. The number of rotatable bonds is 4. The van der Waals surface area contributed by atoms with Crippen molar-refractivity contribution in [1.29, 1.82) is 0 Å². The predicted octanol–water partition coefficient (Wildman–Crippen LogP) is 2.95. The van der Waals surface area contributed by atoms with Crippen molar-refractivity contribution in [2.24, 2.45) is 23.2 Å². The fourth-order valence-electron chi connectivity index (χ4n) is 5.69. The van der Waals surface area contributed by atoms with Gasteiger partial charge in [-0.25, -0.2) is 0 Å². The molecule has 0 amide bonds. The number of hydrogen-bond acceptors (Lipinski definition) is 2. The van der Waals surface area contributed by atoms with Gasteiger partial charge in [-0.1, -0.05) is 13.8 Å². The maximum absolute atomic E-state index is 10.9. The van der Waals surface area contributed by atoms with Crippen molar-refractivity contribution < 1.29 is 5.11 Å². The molecule has 4 bridgehead atoms. The smallest absolute Gasteiger partial charge is 0.0746 e. The Morgan fingerprint density at radius 3 is 1.78 bits per heavy atom. The summed E-state index contributed by atoms with van der Waals surface area (Å²) in [4.78, 5) is 0. The molecule has 18 heavy (non-hydrogen) atoms. The predicted molar refractivity (Wildman–Crippen MR) is 74.3 cm³/mol. The zero-order valence-corrected chi connectivity index (χ0v) is 12.2. The number of aliphatic hydroxyl groups is 1. The van der Waals surface area contributed by atoms with Crippen molar-refractivity contribution in [2.75, 3.05) is 0 Å². The Morgan fingerprint density at radius 2 is 1.39 bits per heavy atom. The summed E-state index contributed by atoms with van der Waals surface area (Å²) >= 11 is 0. The molecule has 2 atom stereocenters. The van der Waals surface area contributed by atoms with Gasteiger partial charge in [0.2, 0.25) is 0 Å². The van der Waals surface area contributed by atoms with Crippen LogP contribution in [0, 0.1) is 23.2 Å². The van der Waals surface area contributed by atoms with Crippen molar-refractivity contribution in [3.8, 4) is 0 Å². The van der Waals surface area contributed by atoms with Crippen LogP contribution in [0.2, 0.25) is 0 Å². The quantitative estimate of drug-likeness (QED) is 0.805. The third-order valence-corrected chi connectivity index (χ3v) is 5.78. The highest BCUT2D eigenvalue weighted by Crippen LogP contribution is 2.61. The van der Waals surface area contributed by atoms with Crippen LogP contribution in [0.15, 0.2) is 0 Å². The lowest BCUT2D eigenvalue weighted by molar-refractivity contribution is -0.129. The fourth-order valence-corrected chi connectivity index (χ4v) is 5.69. The summed E-state index contributed by atoms with van der Waals surface area (Å²) in [6.07, 6.45) is 8.11. The van der Waals surface area contributed by atoms with E-state index in [-0.39, 0.29) is 17.6 Å². The molecule has 0 aliphatic heterocycles. The first kappa shape index (κ1) is 12.9. The van der Waals surface area contributed by atoms with Crippen LogP contribution >= 0.6 is 0 Å². The number of nitrogens with one attached hydrogen (secondary N) is 1. The molecule has 4 aliphatic carbocycles. The molecule has 4 rings (SSSR count). The van der Waals surface area contributed by atoms with Gasteiger partial charge in [0, 0.05) is 12.1 Å². The minimum Gasteiger partial charge on any atom is -0.391 e. The third kappa shape index (κ3) is 2.12. The molecule has 0 aromatic carbocycles. The van der Waals surface area contributed by atoms with E-state index in [1.54, 1.807) is 0 Å². The highest BCUT2D eigenvalue weighted by Gasteiger charge is 2.54. The van der Waals surface area contributed by atoms with Gasteiger partial charge in [0.1, 0.15) is 0 Å². The van der Waals surface area contributed by atoms with Crippen molar-refractivity contribution in [2.45, 2.75) is 77.5 Å². The van der Waals surface area contributed by atoms with Gasteiger partial charge in [-0.2, -0.15) is 0 Å². The first-order valence-corrected chi connectivity index (χ1v) is 7.92. The molecule has 4 fully saturated rings. The van der Waals surface area contributed by atoms with E-state index in [9.17, 15) is 5.11 Å². The van der Waals surface area contributed by atoms with Crippen LogP contribution < -0.4 is 5.32 Å². The zero-order valence-electron chi connectivity index (χ0n) is 12.2. The molecule has 2 heteroatoms. The normalized spacial score (nSPS) is 45.5. The van der Waals surface area contributed by atoms with Crippen LogP contribution in [0.5, 0.6) is 0 Å². The summed E-state index contributed by atoms with van der Waals surface area (Å²) in [5.74, 6) is 2.78. The van der Waals surface area contributed by atoms with E-state index in [0.29, 0.717) is 6.04 Å². The second kappa shape index (κ2) is 4.49. The van der Waals surface area contributed by atoms with Gasteiger partial charge < -0.3 is 10.4 Å². The molecular weight excluding hydrogens is 222 g/mol. The summed E-state index contributed by atoms with van der Waals surface area (Å²) in [5, 5.41) is 14.4. The molecule has 0 saturated heterocycles. The van der Waals surface area contributed by atoms with E-state index in [1.807, 2.05) is 0 Å². The van der Waals surface area contributed by atoms with E-state index in [1.165, 1.54) is 38.5 Å². The first-order chi connectivity index (χ1) is 8.48. The van der Waals surface area contributed by atoms with E-state index in [4.69, 9.17) is 0 Å². The molecule has 104 valence electrons. The Morgan fingerprint density at radius 1 is 0.944 bits per heavy atom. The standard InChI is InChI=1S/C16H29NO/c1-10(2)17-11(3)15(18)16-7-12-4-13(8-16)6-14(5-12)9-16/h10-15,17-18H,4-9H2,1-3H3/t11-,12?,13?,14?,15-,16?/m1/s1. The third-order valence-electron chi connectivity index (χ3n) is 5.78. The average Bonchev–Trinajstić information content (AvgIpc) is 2.25. The van der Waals surface area contributed by atoms with E-state index in [2.05, 4.69) is 26.1 Å². The lowest BCUT2D eigenvalue weighted by Gasteiger charge is -2.59. The Hall–Kier alpha value is -0.0800. The van der Waals surface area contributed by atoms with Gasteiger partial charge in [0.15, 0.2) is 0 Å². The van der Waals surface area contributed by atoms with Crippen molar-refractivity contribution in [3.05, 3.63) is 0 Å². The van der Waals surface area contributed by atoms with Gasteiger partial charge in [-0.15, -0.1) is 0 Å². The molecule has 4 saturated carbocycles. The molecule has 2 N–H and O–H groups in total. The summed E-state index contributed by atoms with van der Waals surface area (Å²) in [5.41, 5.74) is 0.260. The lowest BCUT2D eigenvalue weighted by Crippen LogP contribution is -2.57. The van der Waals surface area contributed by atoms with Crippen molar-refractivity contribution in [1.82, 2.24) is 5.32 Å². The second-order valence-corrected chi connectivity index (χ2v) is 7.83. The lowest BCUT2D eigenvalue weighted by atomic mass is 9.47. The summed E-state index contributed by atoms with van der Waals surface area (Å²) in [7, 11) is 0. The molecule has 0 radical (unpaired) electrons. The monoisotopic (exact) mass is 251 g/mol. The van der Waals surface area contributed by atoms with Crippen molar-refractivity contribution >= 4 is 0 Å². The molecular formula is C16H29NO. The van der Waals surface area contributed by atoms with Crippen LogP contribution in [0.25, 0.3) is 0 Å². The van der Waals surface area contributed by atoms with Crippen LogP contribution in [-0.4, -0.2) is 23.3 Å². The Bertz CT molecular complexity index is 277. The van der Waals surface area contributed by atoms with E-state index < -0.39 is 0 Å². The Labute approximate surface area is 112 Å². The molecule has 0 unspecified atom stereocenters. The Kier molecular flexibility index (Phi) is 3.22. The average molecular weight is 251 g/mol. The van der Waals surface area contributed by atoms with Gasteiger partial charge in [-0.05, 0) is 68.6 Å². The maximum Gasteiger partial charge on any atom is 0.0746 e. The minimum atomic E-state index is -0.145. The SMILES string of the molecule is CC(C)N[C@H](C)[C@@H](O)C12CC3CC(CC(C3)C1)C2. The minimum absolute atomic E-state index is 0.145. The summed E-state index contributed by atoms with van der Waals surface area (Å²) in [6.45, 7) is 6.51. The van der Waals surface area contributed by atoms with Gasteiger partial charge in [0.25, 0.3) is 0 Å². The first-order valence-electron chi connectivity index (χ1n) is 7.92. The fraction of sp³-hybridized carbons (Fsp3) is 1.00. The van der Waals surface area contributed by atoms with Crippen LogP contribution in [-0.2, 0) is 0 Å². The second-order valence-electron chi connectivity index (χ2n) is 7.83. The molecule has 4 aliphatic rings. The number of hydrogen-bond donors (Lipinski definition) is 2. The number of aliphatic hydroxyl groups excluding tert-OH is 1. The highest BCUT2D eigenvalue weighted by molar-refractivity contribution is 5.06. The van der Waals surface area contributed by atoms with Crippen molar-refractivity contribution in [3.63, 3.8) is 0 Å². The van der Waals surface area contributed by atoms with E-state index >= 15 is 0 Å². The molecule has 0 aromatic rings. The highest BCUT2D eigenvalue weighted by atomic mass is 16.3. The van der Waals surface area contributed by atoms with Gasteiger partial charge in [0.05, 0.1) is 6.10 Å². The van der Waals surface area contributed by atoms with Crippen LogP contribution in [0.1, 0.15) is 59.3 Å². The largest absolute Gasteiger partial charge is 0.391 e. The van der Waals surface area contributed by atoms with Crippen LogP contribution in [0.3, 0.4) is 0 Å². The molecule has 0 spiro atoms. The topological polar surface area (TPSA) is 32.3 Å². The maximum atomic E-state index is 10.9. The Balaban J connectivity index is 1.74. The van der Waals surface area contributed by atoms with Crippen LogP contribution in [0.4, 0.5) is 0 Å².